The van der Waals surface area contributed by atoms with Crippen molar-refractivity contribution in [2.75, 3.05) is 0 Å². The van der Waals surface area contributed by atoms with E-state index in [4.69, 9.17) is 4.65 Å². The van der Waals surface area contributed by atoms with E-state index in [0.717, 1.165) is 18.5 Å². The Morgan fingerprint density at radius 1 is 0.793 bits per heavy atom. The van der Waals surface area contributed by atoms with Gasteiger partial charge in [0.25, 0.3) is 0 Å². The summed E-state index contributed by atoms with van der Waals surface area (Å²) in [5, 5.41) is 13.9. The van der Waals surface area contributed by atoms with Crippen molar-refractivity contribution in [3.63, 3.8) is 0 Å². The number of fused-ring (bicyclic) bond motifs is 9. The molecule has 0 saturated carbocycles. The van der Waals surface area contributed by atoms with Crippen molar-refractivity contribution in [3.05, 3.63) is 77.9 Å². The molecule has 6 rings (SSSR count). The van der Waals surface area contributed by atoms with Crippen LogP contribution < -0.4 is 4.65 Å². The molecule has 1 heterocycles. The summed E-state index contributed by atoms with van der Waals surface area (Å²) in [5.74, 6) is 0.679. The lowest BCUT2D eigenvalue weighted by molar-refractivity contribution is 0.457. The van der Waals surface area contributed by atoms with Gasteiger partial charge in [-0.25, -0.2) is 0 Å². The number of thiophene rings is 1. The van der Waals surface area contributed by atoms with Gasteiger partial charge in [0.2, 0.25) is 0 Å². The predicted molar refractivity (Wildman–Crippen MR) is 123 cm³/mol. The van der Waals surface area contributed by atoms with E-state index in [2.05, 4.69) is 68.4 Å². The van der Waals surface area contributed by atoms with Gasteiger partial charge < -0.3 is 9.68 Å². The molecule has 0 spiro atoms. The molecule has 0 fully saturated rings. The van der Waals surface area contributed by atoms with Gasteiger partial charge in [0, 0.05) is 36.4 Å². The van der Waals surface area contributed by atoms with E-state index in [9.17, 15) is 5.02 Å². The van der Waals surface area contributed by atoms with Crippen LogP contribution in [0.15, 0.2) is 66.7 Å². The highest BCUT2D eigenvalue weighted by molar-refractivity contribution is 7.27. The molecular formula is C25H18BO2S. The van der Waals surface area contributed by atoms with E-state index in [0.29, 0.717) is 5.75 Å². The number of rotatable bonds is 2. The lowest BCUT2D eigenvalue weighted by atomic mass is 9.82. The summed E-state index contributed by atoms with van der Waals surface area (Å²) in [4.78, 5) is 0. The van der Waals surface area contributed by atoms with Crippen LogP contribution in [0.25, 0.3) is 42.1 Å². The Morgan fingerprint density at radius 2 is 1.52 bits per heavy atom. The average molecular weight is 393 g/mol. The third-order valence-electron chi connectivity index (χ3n) is 6.30. The van der Waals surface area contributed by atoms with Crippen molar-refractivity contribution in [2.24, 2.45) is 0 Å². The van der Waals surface area contributed by atoms with Gasteiger partial charge in [0.15, 0.2) is 0 Å². The highest BCUT2D eigenvalue weighted by atomic mass is 32.1. The average Bonchev–Trinajstić information content (AvgIpc) is 3.22. The monoisotopic (exact) mass is 393 g/mol. The topological polar surface area (TPSA) is 29.5 Å². The largest absolute Gasteiger partial charge is 0.569 e. The van der Waals surface area contributed by atoms with E-state index in [1.54, 1.807) is 0 Å². The second-order valence-corrected chi connectivity index (χ2v) is 9.18. The summed E-state index contributed by atoms with van der Waals surface area (Å²) in [6.45, 7) is 4.66. The van der Waals surface area contributed by atoms with Crippen LogP contribution in [0.5, 0.6) is 5.75 Å². The molecule has 0 bridgehead atoms. The standard InChI is InChI=1S/C25H18BO2S/c1-25(2)20-10-6-5-7-14(20)16-11-12-18-19-13-21(28-26-27)15-8-3-4-9-17(15)23(19)29-24(18)22(16)25/h3-13,27H,1-2H3. The molecule has 5 aromatic rings. The maximum Gasteiger partial charge on any atom is 0.569 e. The van der Waals surface area contributed by atoms with Crippen molar-refractivity contribution in [3.8, 4) is 16.9 Å². The van der Waals surface area contributed by atoms with Gasteiger partial charge in [-0.2, -0.15) is 0 Å². The van der Waals surface area contributed by atoms with Crippen LogP contribution in [-0.4, -0.2) is 12.7 Å². The van der Waals surface area contributed by atoms with Crippen molar-refractivity contribution in [2.45, 2.75) is 19.3 Å². The van der Waals surface area contributed by atoms with Crippen LogP contribution in [0.4, 0.5) is 0 Å². The molecule has 2 nitrogen and oxygen atoms in total. The zero-order valence-electron chi connectivity index (χ0n) is 16.2. The van der Waals surface area contributed by atoms with Gasteiger partial charge in [0.05, 0.1) is 0 Å². The molecule has 4 heteroatoms. The highest BCUT2D eigenvalue weighted by Gasteiger charge is 2.37. The molecule has 1 N–H and O–H groups in total. The first-order valence-corrected chi connectivity index (χ1v) is 10.6. The van der Waals surface area contributed by atoms with Crippen LogP contribution in [0.3, 0.4) is 0 Å². The Morgan fingerprint density at radius 3 is 2.34 bits per heavy atom. The Balaban J connectivity index is 1.78. The van der Waals surface area contributed by atoms with Crippen molar-refractivity contribution in [1.82, 2.24) is 0 Å². The zero-order valence-corrected chi connectivity index (χ0v) is 17.0. The molecule has 1 aliphatic rings. The molecule has 4 aromatic carbocycles. The molecule has 0 aliphatic heterocycles. The fourth-order valence-corrected chi connectivity index (χ4v) is 6.55. The minimum atomic E-state index is -0.0413. The molecule has 139 valence electrons. The van der Waals surface area contributed by atoms with Crippen LogP contribution in [0, 0.1) is 0 Å². The maximum absolute atomic E-state index is 9.27. The van der Waals surface area contributed by atoms with Gasteiger partial charge in [-0.15, -0.1) is 11.3 Å². The van der Waals surface area contributed by atoms with Crippen molar-refractivity contribution in [1.29, 1.82) is 0 Å². The van der Waals surface area contributed by atoms with E-state index >= 15 is 0 Å². The highest BCUT2D eigenvalue weighted by Crippen LogP contribution is 2.54. The first-order chi connectivity index (χ1) is 14.1. The summed E-state index contributed by atoms with van der Waals surface area (Å²) in [5.41, 5.74) is 5.45. The predicted octanol–water partition coefficient (Wildman–Crippen LogP) is 6.42. The normalized spacial score (nSPS) is 14.3. The quantitative estimate of drug-likeness (QED) is 0.351. The molecule has 1 aromatic heterocycles. The lowest BCUT2D eigenvalue weighted by Gasteiger charge is -2.22. The summed E-state index contributed by atoms with van der Waals surface area (Å²) in [6, 6.07) is 23.6. The maximum atomic E-state index is 9.27. The molecule has 0 saturated heterocycles. The second-order valence-electron chi connectivity index (χ2n) is 8.16. The van der Waals surface area contributed by atoms with E-state index in [1.165, 1.54) is 42.4 Å². The molecule has 1 radical (unpaired) electrons. The molecule has 29 heavy (non-hydrogen) atoms. The molecular weight excluding hydrogens is 375 g/mol. The Labute approximate surface area is 173 Å². The lowest BCUT2D eigenvalue weighted by Crippen LogP contribution is -2.14. The van der Waals surface area contributed by atoms with E-state index < -0.39 is 0 Å². The molecule has 0 amide bonds. The van der Waals surface area contributed by atoms with E-state index in [-0.39, 0.29) is 5.41 Å². The Hall–Kier alpha value is -2.82. The van der Waals surface area contributed by atoms with Gasteiger partial charge in [-0.1, -0.05) is 74.5 Å². The third kappa shape index (κ3) is 2.16. The van der Waals surface area contributed by atoms with E-state index in [1.807, 2.05) is 23.5 Å². The third-order valence-corrected chi connectivity index (χ3v) is 7.58. The fraction of sp³-hybridized carbons (Fsp3) is 0.120. The summed E-state index contributed by atoms with van der Waals surface area (Å²) in [6.07, 6.45) is 0. The van der Waals surface area contributed by atoms with Crippen molar-refractivity contribution >= 4 is 50.0 Å². The first-order valence-electron chi connectivity index (χ1n) is 9.75. The second kappa shape index (κ2) is 5.85. The Kier molecular flexibility index (Phi) is 3.44. The first kappa shape index (κ1) is 17.1. The van der Waals surface area contributed by atoms with Gasteiger partial charge in [0.1, 0.15) is 5.75 Å². The van der Waals surface area contributed by atoms with Crippen molar-refractivity contribution < 1.29 is 9.68 Å². The summed E-state index contributed by atoms with van der Waals surface area (Å²) < 4.78 is 8.07. The number of hydrogen-bond donors (Lipinski definition) is 1. The minimum absolute atomic E-state index is 0.0413. The zero-order chi connectivity index (χ0) is 19.8. The molecule has 0 atom stereocenters. The molecule has 1 aliphatic carbocycles. The minimum Gasteiger partial charge on any atom is -0.537 e. The smallest absolute Gasteiger partial charge is 0.537 e. The fourth-order valence-electron chi connectivity index (χ4n) is 5.03. The summed E-state index contributed by atoms with van der Waals surface area (Å²) in [7, 11) is 0.764. The Bertz CT molecular complexity index is 1450. The van der Waals surface area contributed by atoms with Crippen LogP contribution in [0.1, 0.15) is 25.0 Å². The van der Waals surface area contributed by atoms with Gasteiger partial charge >= 0.3 is 7.69 Å². The number of benzene rings is 4. The van der Waals surface area contributed by atoms with Gasteiger partial charge in [-0.3, -0.25) is 0 Å². The van der Waals surface area contributed by atoms with Crippen LogP contribution >= 0.6 is 11.3 Å². The van der Waals surface area contributed by atoms with Crippen LogP contribution in [0.2, 0.25) is 0 Å². The SMILES string of the molecule is CC1(C)c2ccccc2-c2ccc3c(sc4c5ccccc5c(O[B]O)cc34)c21. The molecule has 0 unspecified atom stereocenters. The summed E-state index contributed by atoms with van der Waals surface area (Å²) >= 11 is 1.87. The van der Waals surface area contributed by atoms with Crippen LogP contribution in [-0.2, 0) is 5.41 Å². The number of hydrogen-bond acceptors (Lipinski definition) is 3. The van der Waals surface area contributed by atoms with Gasteiger partial charge in [-0.05, 0) is 28.3 Å².